The van der Waals surface area contributed by atoms with Gasteiger partial charge in [0.05, 0.1) is 12.5 Å². The molecule has 0 saturated heterocycles. The van der Waals surface area contributed by atoms with Gasteiger partial charge in [0.1, 0.15) is 11.6 Å². The number of hydrogen-bond donors (Lipinski definition) is 1. The number of likely N-dealkylation sites (N-methyl/N-ethyl adjacent to an activating group) is 1. The first-order chi connectivity index (χ1) is 8.41. The van der Waals surface area contributed by atoms with Gasteiger partial charge in [-0.2, -0.15) is 0 Å². The number of carbonyl (C=O) groups is 1. The fraction of sp³-hybridized carbons (Fsp3) is 0.462. The number of aliphatic hydroxyl groups is 1. The molecule has 5 heteroatoms. The SMILES string of the molecule is CC(O)CCN(C)C(=O)Cc1c(F)cccc1F. The average Bonchev–Trinajstić information content (AvgIpc) is 2.30. The topological polar surface area (TPSA) is 40.5 Å². The number of halogens is 2. The van der Waals surface area contributed by atoms with Crippen LogP contribution in [0.1, 0.15) is 18.9 Å². The number of nitrogens with zero attached hydrogens (tertiary/aromatic N) is 1. The molecule has 0 heterocycles. The lowest BCUT2D eigenvalue weighted by Crippen LogP contribution is -2.31. The highest BCUT2D eigenvalue weighted by molar-refractivity contribution is 5.78. The Kier molecular flexibility index (Phi) is 5.22. The van der Waals surface area contributed by atoms with Crippen molar-refractivity contribution in [2.75, 3.05) is 13.6 Å². The van der Waals surface area contributed by atoms with Crippen LogP contribution in [0.25, 0.3) is 0 Å². The third-order valence-electron chi connectivity index (χ3n) is 2.70. The van der Waals surface area contributed by atoms with Gasteiger partial charge in [0.2, 0.25) is 5.91 Å². The highest BCUT2D eigenvalue weighted by Gasteiger charge is 2.16. The van der Waals surface area contributed by atoms with Crippen LogP contribution in [-0.2, 0) is 11.2 Å². The van der Waals surface area contributed by atoms with Crippen molar-refractivity contribution in [3.05, 3.63) is 35.4 Å². The molecule has 0 radical (unpaired) electrons. The van der Waals surface area contributed by atoms with Gasteiger partial charge in [0.15, 0.2) is 0 Å². The second-order valence-electron chi connectivity index (χ2n) is 4.33. The summed E-state index contributed by atoms with van der Waals surface area (Å²) in [7, 11) is 1.55. The number of amides is 1. The van der Waals surface area contributed by atoms with Gasteiger partial charge < -0.3 is 10.0 Å². The fourth-order valence-corrected chi connectivity index (χ4v) is 1.49. The first kappa shape index (κ1) is 14.6. The van der Waals surface area contributed by atoms with E-state index in [0.29, 0.717) is 13.0 Å². The van der Waals surface area contributed by atoms with Crippen LogP contribution in [0.5, 0.6) is 0 Å². The minimum Gasteiger partial charge on any atom is -0.393 e. The molecule has 0 aliphatic heterocycles. The number of aliphatic hydroxyl groups excluding tert-OH is 1. The molecule has 0 fully saturated rings. The Morgan fingerprint density at radius 2 is 1.94 bits per heavy atom. The molecule has 0 bridgehead atoms. The van der Waals surface area contributed by atoms with E-state index in [1.165, 1.54) is 11.0 Å². The minimum absolute atomic E-state index is 0.216. The Morgan fingerprint density at radius 1 is 1.39 bits per heavy atom. The number of hydrogen-bond acceptors (Lipinski definition) is 2. The van der Waals surface area contributed by atoms with Gasteiger partial charge in [-0.25, -0.2) is 8.78 Å². The second-order valence-corrected chi connectivity index (χ2v) is 4.33. The summed E-state index contributed by atoms with van der Waals surface area (Å²) in [5.41, 5.74) is -0.216. The van der Waals surface area contributed by atoms with Gasteiger partial charge in [-0.3, -0.25) is 4.79 Å². The van der Waals surface area contributed by atoms with Crippen LogP contribution in [0.2, 0.25) is 0 Å². The number of rotatable bonds is 5. The third kappa shape index (κ3) is 4.07. The van der Waals surface area contributed by atoms with Gasteiger partial charge >= 0.3 is 0 Å². The van der Waals surface area contributed by atoms with Crippen LogP contribution < -0.4 is 0 Å². The van der Waals surface area contributed by atoms with E-state index in [1.807, 2.05) is 0 Å². The predicted octanol–water partition coefficient (Wildman–Crippen LogP) is 1.74. The zero-order chi connectivity index (χ0) is 13.7. The van der Waals surface area contributed by atoms with Gasteiger partial charge in [0, 0.05) is 19.2 Å². The van der Waals surface area contributed by atoms with E-state index in [9.17, 15) is 13.6 Å². The molecule has 100 valence electrons. The van der Waals surface area contributed by atoms with Crippen molar-refractivity contribution in [1.82, 2.24) is 4.90 Å². The molecule has 0 saturated carbocycles. The maximum Gasteiger partial charge on any atom is 0.226 e. The molecule has 0 spiro atoms. The summed E-state index contributed by atoms with van der Waals surface area (Å²) in [6.07, 6.45) is -0.387. The van der Waals surface area contributed by atoms with Crippen LogP contribution in [0.4, 0.5) is 8.78 Å². The van der Waals surface area contributed by atoms with E-state index in [2.05, 4.69) is 0 Å². The largest absolute Gasteiger partial charge is 0.393 e. The molecule has 1 unspecified atom stereocenters. The van der Waals surface area contributed by atoms with Crippen molar-refractivity contribution in [2.45, 2.75) is 25.9 Å². The molecule has 0 aliphatic carbocycles. The normalized spacial score (nSPS) is 12.3. The Labute approximate surface area is 105 Å². The quantitative estimate of drug-likeness (QED) is 0.872. The Bertz CT molecular complexity index is 401. The van der Waals surface area contributed by atoms with Crippen LogP contribution in [-0.4, -0.2) is 35.6 Å². The van der Waals surface area contributed by atoms with Crippen molar-refractivity contribution in [2.24, 2.45) is 0 Å². The van der Waals surface area contributed by atoms with Gasteiger partial charge in [-0.15, -0.1) is 0 Å². The Morgan fingerprint density at radius 3 is 2.44 bits per heavy atom. The van der Waals surface area contributed by atoms with Crippen molar-refractivity contribution >= 4 is 5.91 Å². The second kappa shape index (κ2) is 6.44. The van der Waals surface area contributed by atoms with Crippen LogP contribution >= 0.6 is 0 Å². The molecule has 1 rings (SSSR count). The summed E-state index contributed by atoms with van der Waals surface area (Å²) in [4.78, 5) is 13.1. The molecule has 0 aromatic heterocycles. The smallest absolute Gasteiger partial charge is 0.226 e. The number of benzene rings is 1. The molecule has 1 N–H and O–H groups in total. The molecule has 1 atom stereocenters. The summed E-state index contributed by atoms with van der Waals surface area (Å²) in [5, 5.41) is 9.10. The standard InChI is InChI=1S/C13H17F2NO2/c1-9(17)6-7-16(2)13(18)8-10-11(14)4-3-5-12(10)15/h3-5,9,17H,6-8H2,1-2H3. The summed E-state index contributed by atoms with van der Waals surface area (Å²) < 4.78 is 26.7. The molecule has 18 heavy (non-hydrogen) atoms. The first-order valence-corrected chi connectivity index (χ1v) is 5.76. The van der Waals surface area contributed by atoms with Gasteiger partial charge in [0.25, 0.3) is 0 Å². The maximum absolute atomic E-state index is 13.3. The monoisotopic (exact) mass is 257 g/mol. The van der Waals surface area contributed by atoms with Crippen molar-refractivity contribution in [3.63, 3.8) is 0 Å². The highest BCUT2D eigenvalue weighted by atomic mass is 19.1. The van der Waals surface area contributed by atoms with E-state index in [4.69, 9.17) is 5.11 Å². The predicted molar refractivity (Wildman–Crippen MR) is 64.0 cm³/mol. The molecular formula is C13H17F2NO2. The zero-order valence-corrected chi connectivity index (χ0v) is 10.5. The molecule has 1 aromatic rings. The van der Waals surface area contributed by atoms with Crippen molar-refractivity contribution < 1.29 is 18.7 Å². The van der Waals surface area contributed by atoms with E-state index in [0.717, 1.165) is 12.1 Å². The van der Waals surface area contributed by atoms with E-state index >= 15 is 0 Å². The average molecular weight is 257 g/mol. The molecule has 0 aliphatic rings. The highest BCUT2D eigenvalue weighted by Crippen LogP contribution is 2.13. The fourth-order valence-electron chi connectivity index (χ4n) is 1.49. The van der Waals surface area contributed by atoms with Crippen molar-refractivity contribution in [3.8, 4) is 0 Å². The maximum atomic E-state index is 13.3. The summed E-state index contributed by atoms with van der Waals surface area (Å²) in [6, 6.07) is 3.51. The van der Waals surface area contributed by atoms with E-state index < -0.39 is 17.7 Å². The Hall–Kier alpha value is -1.49. The molecular weight excluding hydrogens is 240 g/mol. The minimum atomic E-state index is -0.715. The molecule has 1 amide bonds. The molecule has 1 aromatic carbocycles. The van der Waals surface area contributed by atoms with Crippen LogP contribution in [0.3, 0.4) is 0 Å². The summed E-state index contributed by atoms with van der Waals surface area (Å²) >= 11 is 0. The number of carbonyl (C=O) groups excluding carboxylic acids is 1. The van der Waals surface area contributed by atoms with Gasteiger partial charge in [-0.05, 0) is 25.5 Å². The van der Waals surface area contributed by atoms with E-state index in [1.54, 1.807) is 14.0 Å². The van der Waals surface area contributed by atoms with E-state index in [-0.39, 0.29) is 17.9 Å². The lowest BCUT2D eigenvalue weighted by molar-refractivity contribution is -0.129. The lowest BCUT2D eigenvalue weighted by atomic mass is 10.1. The van der Waals surface area contributed by atoms with Gasteiger partial charge in [-0.1, -0.05) is 6.07 Å². The van der Waals surface area contributed by atoms with Crippen LogP contribution in [0.15, 0.2) is 18.2 Å². The zero-order valence-electron chi connectivity index (χ0n) is 10.5. The molecule has 3 nitrogen and oxygen atoms in total. The van der Waals surface area contributed by atoms with Crippen molar-refractivity contribution in [1.29, 1.82) is 0 Å². The van der Waals surface area contributed by atoms with Crippen LogP contribution in [0, 0.1) is 11.6 Å². The third-order valence-corrected chi connectivity index (χ3v) is 2.70. The first-order valence-electron chi connectivity index (χ1n) is 5.76. The lowest BCUT2D eigenvalue weighted by Gasteiger charge is -2.18. The summed E-state index contributed by atoms with van der Waals surface area (Å²) in [6.45, 7) is 1.97. The summed E-state index contributed by atoms with van der Waals surface area (Å²) in [5.74, 6) is -1.81. The Balaban J connectivity index is 2.64.